The average Bonchev–Trinajstić information content (AvgIpc) is 3.53. The molecule has 2 saturated carbocycles. The van der Waals surface area contributed by atoms with Crippen molar-refractivity contribution in [3.05, 3.63) is 35.3 Å². The van der Waals surface area contributed by atoms with E-state index in [1.54, 1.807) is 7.11 Å². The van der Waals surface area contributed by atoms with E-state index in [-0.39, 0.29) is 29.8 Å². The second-order valence-electron chi connectivity index (χ2n) is 11.2. The van der Waals surface area contributed by atoms with Gasteiger partial charge < -0.3 is 19.1 Å². The number of carboxylic acids is 1. The van der Waals surface area contributed by atoms with Gasteiger partial charge in [0.1, 0.15) is 29.3 Å². The summed E-state index contributed by atoms with van der Waals surface area (Å²) in [6.45, 7) is 10.7. The molecule has 6 unspecified atom stereocenters. The van der Waals surface area contributed by atoms with Crippen molar-refractivity contribution in [1.82, 2.24) is 0 Å². The van der Waals surface area contributed by atoms with E-state index in [9.17, 15) is 14.7 Å². The average molecular weight is 457 g/mol. The lowest BCUT2D eigenvalue weighted by Crippen LogP contribution is -2.54. The highest BCUT2D eigenvalue weighted by Gasteiger charge is 2.76. The van der Waals surface area contributed by atoms with E-state index < -0.39 is 16.8 Å². The predicted molar refractivity (Wildman–Crippen MR) is 127 cm³/mol. The Bertz CT molecular complexity index is 928. The number of carbonyl (C=O) groups is 2. The molecule has 182 valence electrons. The highest BCUT2D eigenvalue weighted by Crippen LogP contribution is 2.75. The molecule has 0 aromatic carbocycles. The van der Waals surface area contributed by atoms with Crippen LogP contribution in [0.15, 0.2) is 28.2 Å². The summed E-state index contributed by atoms with van der Waals surface area (Å²) in [5.41, 5.74) is -1.27. The normalized spacial score (nSPS) is 38.6. The molecule has 8 atom stereocenters. The van der Waals surface area contributed by atoms with Crippen LogP contribution in [0.25, 0.3) is 0 Å². The van der Waals surface area contributed by atoms with Gasteiger partial charge in [-0.2, -0.15) is 0 Å². The van der Waals surface area contributed by atoms with Crippen molar-refractivity contribution in [2.24, 2.45) is 40.4 Å². The third kappa shape index (κ3) is 3.21. The number of furan rings is 1. The first-order valence-corrected chi connectivity index (χ1v) is 12.7. The van der Waals surface area contributed by atoms with Crippen LogP contribution < -0.4 is 0 Å². The first-order chi connectivity index (χ1) is 15.7. The number of aldehydes is 1. The zero-order valence-electron chi connectivity index (χ0n) is 21.0. The summed E-state index contributed by atoms with van der Waals surface area (Å²) in [5.74, 6) is 1.09. The monoisotopic (exact) mass is 456 g/mol. The Morgan fingerprint density at radius 2 is 2.03 bits per heavy atom. The Balaban J connectivity index is 1.88. The molecule has 1 heterocycles. The molecule has 2 fully saturated rings. The fraction of sp³-hybridized carbons (Fsp3) is 0.714. The van der Waals surface area contributed by atoms with Gasteiger partial charge in [-0.25, -0.2) is 0 Å². The molecule has 4 rings (SSSR count). The molecule has 5 heteroatoms. The molecule has 2 bridgehead atoms. The van der Waals surface area contributed by atoms with Gasteiger partial charge in [-0.05, 0) is 61.0 Å². The van der Waals surface area contributed by atoms with Gasteiger partial charge in [-0.15, -0.1) is 0 Å². The lowest BCUT2D eigenvalue weighted by atomic mass is 9.51. The molecule has 3 aliphatic rings. The van der Waals surface area contributed by atoms with Gasteiger partial charge in [-0.3, -0.25) is 4.79 Å². The minimum atomic E-state index is -1.26. The second kappa shape index (κ2) is 8.72. The number of methoxy groups -OCH3 is 1. The highest BCUT2D eigenvalue weighted by molar-refractivity contribution is 5.90. The molecule has 1 aromatic rings. The number of carboxylic acid groups (broad SMARTS) is 1. The molecule has 0 aliphatic heterocycles. The molecule has 0 radical (unpaired) electrons. The fourth-order valence-electron chi connectivity index (χ4n) is 7.88. The van der Waals surface area contributed by atoms with Crippen LogP contribution in [0.4, 0.5) is 0 Å². The van der Waals surface area contributed by atoms with Crippen LogP contribution in [0.3, 0.4) is 0 Å². The van der Waals surface area contributed by atoms with E-state index in [1.807, 2.05) is 12.1 Å². The standard InChI is InChI=1S/C28H40O5/c1-7-8-22(32-6)23-11-12-24(33-23)25-19-13-21(16(2)3)28(25,26(30)31)27(14-19,15-29)20-10-9-17(4)18(20)5/h11-13,15-20,22,25H,7-10,14H2,1-6H3,(H,30,31)/t17-,18?,19?,20-,22?,25?,27?,28?/m1/s1. The van der Waals surface area contributed by atoms with Crippen LogP contribution in [0.2, 0.25) is 0 Å². The molecule has 33 heavy (non-hydrogen) atoms. The van der Waals surface area contributed by atoms with E-state index in [0.717, 1.165) is 43.3 Å². The number of ether oxygens (including phenoxy) is 1. The number of fused-ring (bicyclic) bond motifs is 2. The van der Waals surface area contributed by atoms with Crippen LogP contribution in [0.5, 0.6) is 0 Å². The van der Waals surface area contributed by atoms with Crippen molar-refractivity contribution in [3.63, 3.8) is 0 Å². The number of hydrogen-bond acceptors (Lipinski definition) is 4. The summed E-state index contributed by atoms with van der Waals surface area (Å²) in [5, 5.41) is 11.0. The van der Waals surface area contributed by atoms with Crippen LogP contribution in [0, 0.1) is 40.4 Å². The third-order valence-electron chi connectivity index (χ3n) is 9.45. The minimum absolute atomic E-state index is 0.0158. The molecule has 3 aliphatic carbocycles. The van der Waals surface area contributed by atoms with Gasteiger partial charge in [-0.1, -0.05) is 59.1 Å². The summed E-state index contributed by atoms with van der Waals surface area (Å²) < 4.78 is 12.0. The zero-order valence-corrected chi connectivity index (χ0v) is 21.0. The van der Waals surface area contributed by atoms with Crippen molar-refractivity contribution >= 4 is 12.3 Å². The summed E-state index contributed by atoms with van der Waals surface area (Å²) in [6.07, 6.45) is 7.41. The van der Waals surface area contributed by atoms with Crippen molar-refractivity contribution in [3.8, 4) is 0 Å². The van der Waals surface area contributed by atoms with E-state index in [4.69, 9.17) is 9.15 Å². The van der Waals surface area contributed by atoms with Crippen LogP contribution in [-0.4, -0.2) is 24.5 Å². The molecular weight excluding hydrogens is 416 g/mol. The van der Waals surface area contributed by atoms with Crippen molar-refractivity contribution in [1.29, 1.82) is 0 Å². The lowest BCUT2D eigenvalue weighted by molar-refractivity contribution is -0.161. The third-order valence-corrected chi connectivity index (χ3v) is 9.45. The van der Waals surface area contributed by atoms with Gasteiger partial charge in [0.15, 0.2) is 0 Å². The maximum atomic E-state index is 13.4. The maximum Gasteiger partial charge on any atom is 0.315 e. The fourth-order valence-corrected chi connectivity index (χ4v) is 7.88. The molecule has 0 saturated heterocycles. The van der Waals surface area contributed by atoms with Gasteiger partial charge in [0.25, 0.3) is 0 Å². The molecule has 0 amide bonds. The second-order valence-corrected chi connectivity index (χ2v) is 11.2. The predicted octanol–water partition coefficient (Wildman–Crippen LogP) is 6.41. The highest BCUT2D eigenvalue weighted by atomic mass is 16.5. The van der Waals surface area contributed by atoms with Crippen molar-refractivity contribution in [2.45, 2.75) is 78.7 Å². The molecule has 1 N–H and O–H groups in total. The Morgan fingerprint density at radius 1 is 1.30 bits per heavy atom. The zero-order chi connectivity index (χ0) is 24.1. The molecular formula is C28H40O5. The Morgan fingerprint density at radius 3 is 2.55 bits per heavy atom. The summed E-state index contributed by atoms with van der Waals surface area (Å²) in [6, 6.07) is 3.87. The molecule has 0 spiro atoms. The van der Waals surface area contributed by atoms with Crippen molar-refractivity contribution < 1.29 is 23.8 Å². The Hall–Kier alpha value is -1.88. The van der Waals surface area contributed by atoms with Crippen LogP contribution in [-0.2, 0) is 14.3 Å². The van der Waals surface area contributed by atoms with Crippen LogP contribution >= 0.6 is 0 Å². The van der Waals surface area contributed by atoms with Gasteiger partial charge in [0.05, 0.1) is 5.41 Å². The smallest absolute Gasteiger partial charge is 0.315 e. The Kier molecular flexibility index (Phi) is 6.41. The number of allylic oxidation sites excluding steroid dienone is 1. The van der Waals surface area contributed by atoms with E-state index in [2.05, 4.69) is 40.7 Å². The number of rotatable bonds is 9. The Labute approximate surface area is 198 Å². The quantitative estimate of drug-likeness (QED) is 0.343. The van der Waals surface area contributed by atoms with Gasteiger partial charge in [0.2, 0.25) is 0 Å². The van der Waals surface area contributed by atoms with E-state index in [1.165, 1.54) is 0 Å². The first kappa shape index (κ1) is 24.3. The topological polar surface area (TPSA) is 76.7 Å². The van der Waals surface area contributed by atoms with Crippen LogP contribution in [0.1, 0.15) is 90.3 Å². The SMILES string of the molecule is CCCC(OC)c1ccc(C2C3C=C(C(C)C)C2(C(=O)O)C(C=O)([C@@H]2CC[C@@H](C)C2C)C3)o1. The number of carbonyl (C=O) groups excluding carboxylic acids is 1. The number of hydrogen-bond donors (Lipinski definition) is 1. The van der Waals surface area contributed by atoms with E-state index >= 15 is 0 Å². The summed E-state index contributed by atoms with van der Waals surface area (Å²) in [7, 11) is 1.68. The maximum absolute atomic E-state index is 13.4. The summed E-state index contributed by atoms with van der Waals surface area (Å²) >= 11 is 0. The van der Waals surface area contributed by atoms with Crippen molar-refractivity contribution in [2.75, 3.05) is 7.11 Å². The first-order valence-electron chi connectivity index (χ1n) is 12.7. The lowest BCUT2D eigenvalue weighted by Gasteiger charge is -2.49. The number of aliphatic carboxylic acids is 1. The van der Waals surface area contributed by atoms with Gasteiger partial charge in [0, 0.05) is 13.0 Å². The molecule has 1 aromatic heterocycles. The van der Waals surface area contributed by atoms with Gasteiger partial charge >= 0.3 is 5.97 Å². The molecule has 5 nitrogen and oxygen atoms in total. The van der Waals surface area contributed by atoms with E-state index in [0.29, 0.717) is 24.0 Å². The minimum Gasteiger partial charge on any atom is -0.481 e. The largest absolute Gasteiger partial charge is 0.481 e. The summed E-state index contributed by atoms with van der Waals surface area (Å²) in [4.78, 5) is 26.5.